The molecule has 1 aromatic rings. The van der Waals surface area contributed by atoms with Crippen LogP contribution in [-0.4, -0.2) is 35.8 Å². The van der Waals surface area contributed by atoms with Crippen molar-refractivity contribution in [3.05, 3.63) is 24.0 Å². The lowest BCUT2D eigenvalue weighted by Crippen LogP contribution is -2.08. The summed E-state index contributed by atoms with van der Waals surface area (Å²) in [5, 5.41) is 12.3. The number of rotatable bonds is 6. The van der Waals surface area contributed by atoms with Gasteiger partial charge in [0.05, 0.1) is 13.2 Å². The van der Waals surface area contributed by atoms with Gasteiger partial charge in [0.15, 0.2) is 0 Å². The molecule has 5 heteroatoms. The Morgan fingerprint density at radius 3 is 3.06 bits per heavy atom. The maximum absolute atomic E-state index is 11.2. The van der Waals surface area contributed by atoms with Gasteiger partial charge in [0.25, 0.3) is 0 Å². The molecular weight excluding hydrogens is 220 g/mol. The molecule has 0 spiro atoms. The molecule has 0 saturated carbocycles. The number of aromatic nitrogens is 1. The zero-order chi connectivity index (χ0) is 12.7. The second kappa shape index (κ2) is 6.85. The summed E-state index contributed by atoms with van der Waals surface area (Å²) in [6.07, 6.45) is 2.90. The molecule has 0 amide bonds. The Bertz CT molecular complexity index is 367. The summed E-state index contributed by atoms with van der Waals surface area (Å²) in [4.78, 5) is 15.2. The third-order valence-electron chi connectivity index (χ3n) is 2.28. The average Bonchev–Trinajstić information content (AvgIpc) is 2.34. The second-order valence-corrected chi connectivity index (χ2v) is 3.84. The number of carbonyl (C=O) groups excluding carboxylic acids is 1. The molecule has 17 heavy (non-hydrogen) atoms. The SMILES string of the molecule is COC(=O)c1cc(NCCCC(C)O)ccn1. The van der Waals surface area contributed by atoms with Gasteiger partial charge in [0.1, 0.15) is 5.69 Å². The van der Waals surface area contributed by atoms with Crippen molar-refractivity contribution >= 4 is 11.7 Å². The lowest BCUT2D eigenvalue weighted by atomic mass is 10.2. The molecule has 1 rings (SSSR count). The number of nitrogens with zero attached hydrogens (tertiary/aromatic N) is 1. The first-order valence-electron chi connectivity index (χ1n) is 5.60. The summed E-state index contributed by atoms with van der Waals surface area (Å²) < 4.78 is 4.59. The van der Waals surface area contributed by atoms with Crippen molar-refractivity contribution in [1.82, 2.24) is 4.98 Å². The topological polar surface area (TPSA) is 71.5 Å². The summed E-state index contributed by atoms with van der Waals surface area (Å²) in [5.74, 6) is -0.447. The predicted molar refractivity (Wildman–Crippen MR) is 65.0 cm³/mol. The highest BCUT2D eigenvalue weighted by atomic mass is 16.5. The van der Waals surface area contributed by atoms with Crippen LogP contribution in [0.4, 0.5) is 5.69 Å². The Kier molecular flexibility index (Phi) is 5.42. The molecular formula is C12H18N2O3. The van der Waals surface area contributed by atoms with Gasteiger partial charge in [-0.25, -0.2) is 9.78 Å². The number of ether oxygens (including phenoxy) is 1. The van der Waals surface area contributed by atoms with Gasteiger partial charge in [-0.15, -0.1) is 0 Å². The van der Waals surface area contributed by atoms with Gasteiger partial charge in [0, 0.05) is 18.4 Å². The van der Waals surface area contributed by atoms with Crippen LogP contribution in [0.25, 0.3) is 0 Å². The number of carbonyl (C=O) groups is 1. The lowest BCUT2D eigenvalue weighted by molar-refractivity contribution is 0.0594. The van der Waals surface area contributed by atoms with E-state index in [1.807, 2.05) is 0 Å². The van der Waals surface area contributed by atoms with Gasteiger partial charge >= 0.3 is 5.97 Å². The number of methoxy groups -OCH3 is 1. The van der Waals surface area contributed by atoms with E-state index >= 15 is 0 Å². The van der Waals surface area contributed by atoms with Gasteiger partial charge in [-0.2, -0.15) is 0 Å². The third kappa shape index (κ3) is 4.82. The van der Waals surface area contributed by atoms with Crippen LogP contribution in [0.3, 0.4) is 0 Å². The Morgan fingerprint density at radius 2 is 2.41 bits per heavy atom. The van der Waals surface area contributed by atoms with Crippen LogP contribution >= 0.6 is 0 Å². The molecule has 0 bridgehead atoms. The fourth-order valence-corrected chi connectivity index (χ4v) is 1.39. The molecule has 94 valence electrons. The van der Waals surface area contributed by atoms with Crippen molar-refractivity contribution in [3.8, 4) is 0 Å². The van der Waals surface area contributed by atoms with E-state index in [2.05, 4.69) is 15.0 Å². The molecule has 0 saturated heterocycles. The minimum atomic E-state index is -0.447. The van der Waals surface area contributed by atoms with Gasteiger partial charge in [-0.1, -0.05) is 0 Å². The standard InChI is InChI=1S/C12H18N2O3/c1-9(15)4-3-6-13-10-5-7-14-11(8-10)12(16)17-2/h5,7-9,15H,3-4,6H2,1-2H3,(H,13,14). The van der Waals surface area contributed by atoms with Crippen LogP contribution in [-0.2, 0) is 4.74 Å². The maximum atomic E-state index is 11.2. The molecule has 0 aliphatic rings. The minimum Gasteiger partial charge on any atom is -0.464 e. The van der Waals surface area contributed by atoms with Crippen LogP contribution in [0.2, 0.25) is 0 Å². The molecule has 5 nitrogen and oxygen atoms in total. The maximum Gasteiger partial charge on any atom is 0.356 e. The molecule has 0 aromatic carbocycles. The number of aliphatic hydroxyl groups is 1. The molecule has 0 aliphatic carbocycles. The minimum absolute atomic E-state index is 0.278. The van der Waals surface area contributed by atoms with Crippen molar-refractivity contribution in [2.45, 2.75) is 25.9 Å². The van der Waals surface area contributed by atoms with Gasteiger partial charge in [0.2, 0.25) is 0 Å². The Balaban J connectivity index is 2.46. The van der Waals surface area contributed by atoms with Crippen molar-refractivity contribution < 1.29 is 14.6 Å². The monoisotopic (exact) mass is 238 g/mol. The summed E-state index contributed by atoms with van der Waals surface area (Å²) in [6, 6.07) is 3.43. The molecule has 1 atom stereocenters. The summed E-state index contributed by atoms with van der Waals surface area (Å²) in [7, 11) is 1.33. The van der Waals surface area contributed by atoms with E-state index in [9.17, 15) is 4.79 Å². The number of aliphatic hydroxyl groups excluding tert-OH is 1. The van der Waals surface area contributed by atoms with Crippen molar-refractivity contribution in [1.29, 1.82) is 0 Å². The van der Waals surface area contributed by atoms with E-state index in [-0.39, 0.29) is 11.8 Å². The van der Waals surface area contributed by atoms with E-state index < -0.39 is 5.97 Å². The zero-order valence-corrected chi connectivity index (χ0v) is 10.1. The number of hydrogen-bond donors (Lipinski definition) is 2. The quantitative estimate of drug-likeness (QED) is 0.579. The fourth-order valence-electron chi connectivity index (χ4n) is 1.39. The molecule has 0 radical (unpaired) electrons. The first-order chi connectivity index (χ1) is 8.13. The van der Waals surface area contributed by atoms with Crippen LogP contribution < -0.4 is 5.32 Å². The average molecular weight is 238 g/mol. The number of esters is 1. The van der Waals surface area contributed by atoms with Gasteiger partial charge in [-0.3, -0.25) is 0 Å². The number of nitrogens with one attached hydrogen (secondary N) is 1. The molecule has 2 N–H and O–H groups in total. The van der Waals surface area contributed by atoms with Crippen molar-refractivity contribution in [3.63, 3.8) is 0 Å². The molecule has 1 heterocycles. The van der Waals surface area contributed by atoms with E-state index in [4.69, 9.17) is 5.11 Å². The van der Waals surface area contributed by atoms with Crippen molar-refractivity contribution in [2.75, 3.05) is 19.0 Å². The number of pyridine rings is 1. The Hall–Kier alpha value is -1.62. The largest absolute Gasteiger partial charge is 0.464 e. The zero-order valence-electron chi connectivity index (χ0n) is 10.1. The van der Waals surface area contributed by atoms with Crippen LogP contribution in [0.1, 0.15) is 30.3 Å². The van der Waals surface area contributed by atoms with E-state index in [0.29, 0.717) is 0 Å². The van der Waals surface area contributed by atoms with Crippen molar-refractivity contribution in [2.24, 2.45) is 0 Å². The van der Waals surface area contributed by atoms with Crippen LogP contribution in [0.5, 0.6) is 0 Å². The highest BCUT2D eigenvalue weighted by molar-refractivity contribution is 5.88. The summed E-state index contributed by atoms with van der Waals surface area (Å²) in [6.45, 7) is 2.51. The highest BCUT2D eigenvalue weighted by Crippen LogP contribution is 2.09. The second-order valence-electron chi connectivity index (χ2n) is 3.84. The Labute approximate surface area is 101 Å². The Morgan fingerprint density at radius 1 is 1.65 bits per heavy atom. The first-order valence-corrected chi connectivity index (χ1v) is 5.60. The molecule has 1 unspecified atom stereocenters. The highest BCUT2D eigenvalue weighted by Gasteiger charge is 2.06. The molecule has 1 aromatic heterocycles. The molecule has 0 fully saturated rings. The van der Waals surface area contributed by atoms with E-state index in [1.165, 1.54) is 7.11 Å². The van der Waals surface area contributed by atoms with E-state index in [0.717, 1.165) is 25.1 Å². The summed E-state index contributed by atoms with van der Waals surface area (Å²) in [5.41, 5.74) is 1.11. The van der Waals surface area contributed by atoms with Crippen LogP contribution in [0, 0.1) is 0 Å². The van der Waals surface area contributed by atoms with Gasteiger partial charge < -0.3 is 15.2 Å². The number of anilines is 1. The lowest BCUT2D eigenvalue weighted by Gasteiger charge is -2.08. The third-order valence-corrected chi connectivity index (χ3v) is 2.28. The predicted octanol–water partition coefficient (Wildman–Crippen LogP) is 1.44. The van der Waals surface area contributed by atoms with Gasteiger partial charge in [-0.05, 0) is 31.9 Å². The fraction of sp³-hybridized carbons (Fsp3) is 0.500. The number of hydrogen-bond acceptors (Lipinski definition) is 5. The summed E-state index contributed by atoms with van der Waals surface area (Å²) >= 11 is 0. The van der Waals surface area contributed by atoms with E-state index in [1.54, 1.807) is 25.3 Å². The van der Waals surface area contributed by atoms with Crippen LogP contribution in [0.15, 0.2) is 18.3 Å². The molecule has 0 aliphatic heterocycles. The smallest absolute Gasteiger partial charge is 0.356 e. The first kappa shape index (κ1) is 13.4. The normalized spacial score (nSPS) is 11.9.